The van der Waals surface area contributed by atoms with Gasteiger partial charge in [-0.15, -0.1) is 0 Å². The van der Waals surface area contributed by atoms with Crippen LogP contribution in [0.3, 0.4) is 0 Å². The van der Waals surface area contributed by atoms with Crippen molar-refractivity contribution in [1.29, 1.82) is 0 Å². The van der Waals surface area contributed by atoms with Crippen LogP contribution in [-0.4, -0.2) is 59.5 Å². The number of ether oxygens (including phenoxy) is 5. The van der Waals surface area contributed by atoms with Gasteiger partial charge in [-0.25, -0.2) is 0 Å². The van der Waals surface area contributed by atoms with Gasteiger partial charge in [0.1, 0.15) is 12.7 Å². The minimum Gasteiger partial charge on any atom is -0.463 e. The molecule has 0 aliphatic carbocycles. The molecular formula is C22H25NO9. The highest BCUT2D eigenvalue weighted by Gasteiger charge is 2.52. The lowest BCUT2D eigenvalue weighted by Crippen LogP contribution is -2.60. The summed E-state index contributed by atoms with van der Waals surface area (Å²) in [6.45, 7) is 4.53. The second-order valence-electron chi connectivity index (χ2n) is 7.37. The van der Waals surface area contributed by atoms with Gasteiger partial charge >= 0.3 is 23.9 Å². The Kier molecular flexibility index (Phi) is 7.14. The van der Waals surface area contributed by atoms with Crippen molar-refractivity contribution in [2.45, 2.75) is 58.3 Å². The van der Waals surface area contributed by atoms with Crippen molar-refractivity contribution >= 4 is 34.8 Å². The highest BCUT2D eigenvalue weighted by atomic mass is 16.7. The van der Waals surface area contributed by atoms with Crippen molar-refractivity contribution in [1.82, 2.24) is 4.57 Å². The maximum atomic E-state index is 11.9. The van der Waals surface area contributed by atoms with Gasteiger partial charge in [0.05, 0.1) is 5.52 Å². The Morgan fingerprint density at radius 3 is 2.03 bits per heavy atom. The molecule has 3 rings (SSSR count). The number of fused-ring (bicyclic) bond motifs is 1. The topological polar surface area (TPSA) is 119 Å². The van der Waals surface area contributed by atoms with Gasteiger partial charge < -0.3 is 28.3 Å². The number of aromatic nitrogens is 1. The summed E-state index contributed by atoms with van der Waals surface area (Å²) in [6, 6.07) is 9.31. The van der Waals surface area contributed by atoms with Crippen LogP contribution in [0.1, 0.15) is 33.9 Å². The Bertz CT molecular complexity index is 1010. The van der Waals surface area contributed by atoms with E-state index in [9.17, 15) is 19.2 Å². The molecule has 1 aliphatic heterocycles. The zero-order valence-corrected chi connectivity index (χ0v) is 18.2. The molecule has 2 aromatic rings. The minimum atomic E-state index is -1.21. The molecule has 0 amide bonds. The number of para-hydroxylation sites is 1. The van der Waals surface area contributed by atoms with Crippen LogP contribution in [0.4, 0.5) is 0 Å². The lowest BCUT2D eigenvalue weighted by Gasteiger charge is -2.44. The molecule has 0 N–H and O–H groups in total. The summed E-state index contributed by atoms with van der Waals surface area (Å²) in [7, 11) is 0. The van der Waals surface area contributed by atoms with Crippen LogP contribution in [-0.2, 0) is 42.9 Å². The molecule has 0 bridgehead atoms. The molecular weight excluding hydrogens is 422 g/mol. The Labute approximate surface area is 184 Å². The summed E-state index contributed by atoms with van der Waals surface area (Å²) in [4.78, 5) is 47.1. The smallest absolute Gasteiger partial charge is 0.303 e. The molecule has 32 heavy (non-hydrogen) atoms. The number of carbonyl (C=O) groups is 4. The first kappa shape index (κ1) is 23.3. The van der Waals surface area contributed by atoms with Gasteiger partial charge in [-0.05, 0) is 17.5 Å². The van der Waals surface area contributed by atoms with Crippen LogP contribution in [0, 0.1) is 0 Å². The zero-order chi connectivity index (χ0) is 23.4. The Morgan fingerprint density at radius 1 is 0.812 bits per heavy atom. The number of carbonyl (C=O) groups excluding carboxylic acids is 4. The molecule has 1 fully saturated rings. The van der Waals surface area contributed by atoms with Crippen LogP contribution >= 0.6 is 0 Å². The van der Waals surface area contributed by atoms with Gasteiger partial charge in [-0.1, -0.05) is 18.2 Å². The third-order valence-electron chi connectivity index (χ3n) is 4.87. The third-order valence-corrected chi connectivity index (χ3v) is 4.87. The second-order valence-corrected chi connectivity index (χ2v) is 7.37. The number of hydrogen-bond donors (Lipinski definition) is 0. The summed E-state index contributed by atoms with van der Waals surface area (Å²) in [5.74, 6) is -2.55. The molecule has 0 saturated carbocycles. The van der Waals surface area contributed by atoms with E-state index in [-0.39, 0.29) is 6.61 Å². The average molecular weight is 447 g/mol. The van der Waals surface area contributed by atoms with Crippen LogP contribution in [0.25, 0.3) is 10.9 Å². The van der Waals surface area contributed by atoms with E-state index in [0.717, 1.165) is 10.9 Å². The molecule has 172 valence electrons. The fourth-order valence-electron chi connectivity index (χ4n) is 3.76. The SMILES string of the molecule is CC(=O)OC[C@@H]1O[C@H](n2ccc3ccccc32)[C@H](OC(C)=O)[C@H](OC(C)=O)[C@H]1OC(C)=O. The Balaban J connectivity index is 2.10. The molecule has 1 aromatic carbocycles. The number of rotatable bonds is 6. The molecule has 0 radical (unpaired) electrons. The molecule has 1 aromatic heterocycles. The van der Waals surface area contributed by atoms with Crippen molar-refractivity contribution in [2.75, 3.05) is 6.61 Å². The van der Waals surface area contributed by atoms with Gasteiger partial charge in [0.2, 0.25) is 0 Å². The van der Waals surface area contributed by atoms with Crippen molar-refractivity contribution in [3.63, 3.8) is 0 Å². The van der Waals surface area contributed by atoms with Crippen molar-refractivity contribution in [2.24, 2.45) is 0 Å². The lowest BCUT2D eigenvalue weighted by atomic mass is 9.97. The van der Waals surface area contributed by atoms with Crippen molar-refractivity contribution in [3.05, 3.63) is 36.5 Å². The average Bonchev–Trinajstić information content (AvgIpc) is 3.12. The molecule has 1 aliphatic rings. The van der Waals surface area contributed by atoms with Crippen LogP contribution in [0.5, 0.6) is 0 Å². The molecule has 10 heteroatoms. The third kappa shape index (κ3) is 5.25. The second kappa shape index (κ2) is 9.82. The first-order valence-corrected chi connectivity index (χ1v) is 10.0. The van der Waals surface area contributed by atoms with Crippen molar-refractivity contribution in [3.8, 4) is 0 Å². The fourth-order valence-corrected chi connectivity index (χ4v) is 3.76. The fraction of sp³-hybridized carbons (Fsp3) is 0.455. The van der Waals surface area contributed by atoms with E-state index in [4.69, 9.17) is 23.7 Å². The predicted octanol–water partition coefficient (Wildman–Crippen LogP) is 1.90. The van der Waals surface area contributed by atoms with E-state index in [1.807, 2.05) is 30.3 Å². The van der Waals surface area contributed by atoms with Gasteiger partial charge in [0.15, 0.2) is 24.5 Å². The van der Waals surface area contributed by atoms with Gasteiger partial charge in [-0.2, -0.15) is 0 Å². The van der Waals surface area contributed by atoms with Crippen molar-refractivity contribution < 1.29 is 42.9 Å². The normalized spacial score (nSPS) is 25.1. The lowest BCUT2D eigenvalue weighted by molar-refractivity contribution is -0.267. The summed E-state index contributed by atoms with van der Waals surface area (Å²) in [6.07, 6.45) is -3.75. The Morgan fingerprint density at radius 2 is 1.41 bits per heavy atom. The van der Waals surface area contributed by atoms with Crippen LogP contribution in [0.15, 0.2) is 36.5 Å². The first-order valence-electron chi connectivity index (χ1n) is 10.0. The quantitative estimate of drug-likeness (QED) is 0.483. The van der Waals surface area contributed by atoms with Gasteiger partial charge in [0, 0.05) is 33.9 Å². The summed E-state index contributed by atoms with van der Waals surface area (Å²) in [5, 5.41) is 0.903. The highest BCUT2D eigenvalue weighted by Crippen LogP contribution is 2.36. The van der Waals surface area contributed by atoms with Crippen LogP contribution in [0.2, 0.25) is 0 Å². The predicted molar refractivity (Wildman–Crippen MR) is 109 cm³/mol. The van der Waals surface area contributed by atoms with Gasteiger partial charge in [0.25, 0.3) is 0 Å². The number of benzene rings is 1. The Hall–Kier alpha value is -3.40. The van der Waals surface area contributed by atoms with Gasteiger partial charge in [-0.3, -0.25) is 19.2 Å². The van der Waals surface area contributed by atoms with E-state index in [0.29, 0.717) is 0 Å². The monoisotopic (exact) mass is 447 g/mol. The molecule has 5 atom stereocenters. The van der Waals surface area contributed by atoms with Crippen LogP contribution < -0.4 is 0 Å². The van der Waals surface area contributed by atoms with E-state index < -0.39 is 54.5 Å². The highest BCUT2D eigenvalue weighted by molar-refractivity contribution is 5.80. The van der Waals surface area contributed by atoms with E-state index in [2.05, 4.69) is 0 Å². The molecule has 0 unspecified atom stereocenters. The maximum Gasteiger partial charge on any atom is 0.303 e. The van der Waals surface area contributed by atoms with E-state index in [1.54, 1.807) is 10.8 Å². The largest absolute Gasteiger partial charge is 0.463 e. The molecule has 10 nitrogen and oxygen atoms in total. The number of nitrogens with zero attached hydrogens (tertiary/aromatic N) is 1. The maximum absolute atomic E-state index is 11.9. The summed E-state index contributed by atoms with van der Waals surface area (Å²) >= 11 is 0. The molecule has 1 saturated heterocycles. The summed E-state index contributed by atoms with van der Waals surface area (Å²) in [5.41, 5.74) is 0.772. The summed E-state index contributed by atoms with van der Waals surface area (Å²) < 4.78 is 29.4. The zero-order valence-electron chi connectivity index (χ0n) is 18.2. The molecule has 2 heterocycles. The number of hydrogen-bond acceptors (Lipinski definition) is 9. The van der Waals surface area contributed by atoms with E-state index in [1.165, 1.54) is 27.7 Å². The number of esters is 4. The minimum absolute atomic E-state index is 0.270. The van der Waals surface area contributed by atoms with E-state index >= 15 is 0 Å². The molecule has 0 spiro atoms. The standard InChI is InChI=1S/C22H25NO9/c1-12(24)28-11-18-19(29-13(2)25)20(30-14(3)26)21(31-15(4)27)22(32-18)23-10-9-16-7-5-6-8-17(16)23/h5-10,18-22H,11H2,1-4H3/t18-,19-,20+,21+,22-/m0/s1. The first-order chi connectivity index (χ1) is 15.2.